The van der Waals surface area contributed by atoms with Gasteiger partial charge in [0.05, 0.1) is 11.4 Å². The molecule has 7 heteroatoms. The molecular formula is C15H10F2N2O2S. The summed E-state index contributed by atoms with van der Waals surface area (Å²) in [7, 11) is 0. The summed E-state index contributed by atoms with van der Waals surface area (Å²) in [5, 5.41) is 5.10. The number of hydrogen-bond acceptors (Lipinski definition) is 3. The van der Waals surface area contributed by atoms with Crippen LogP contribution < -0.4 is 10.6 Å². The van der Waals surface area contributed by atoms with Gasteiger partial charge in [-0.15, -0.1) is 11.8 Å². The van der Waals surface area contributed by atoms with Crippen molar-refractivity contribution in [1.82, 2.24) is 0 Å². The summed E-state index contributed by atoms with van der Waals surface area (Å²) >= 11 is 1.38. The molecule has 0 atom stereocenters. The number of fused-ring (bicyclic) bond motifs is 1. The fraction of sp³-hybridized carbons (Fsp3) is 0.0667. The largest absolute Gasteiger partial charge is 0.324 e. The summed E-state index contributed by atoms with van der Waals surface area (Å²) in [6.07, 6.45) is 0. The Kier molecular flexibility index (Phi) is 3.81. The van der Waals surface area contributed by atoms with Crippen molar-refractivity contribution in [2.75, 3.05) is 16.4 Å². The maximum atomic E-state index is 13.6. The number of anilines is 2. The number of carbonyl (C=O) groups is 2. The average molecular weight is 320 g/mol. The molecule has 0 aromatic heterocycles. The van der Waals surface area contributed by atoms with Crippen molar-refractivity contribution in [3.05, 3.63) is 53.6 Å². The molecule has 2 aromatic carbocycles. The van der Waals surface area contributed by atoms with Gasteiger partial charge >= 0.3 is 0 Å². The van der Waals surface area contributed by atoms with E-state index in [2.05, 4.69) is 10.6 Å². The normalized spacial score (nSPS) is 13.3. The zero-order chi connectivity index (χ0) is 15.7. The highest BCUT2D eigenvalue weighted by Crippen LogP contribution is 2.33. The summed E-state index contributed by atoms with van der Waals surface area (Å²) in [5.41, 5.74) is 0.265. The highest BCUT2D eigenvalue weighted by atomic mass is 32.2. The number of carbonyl (C=O) groups excluding carboxylic acids is 2. The molecule has 0 bridgehead atoms. The van der Waals surface area contributed by atoms with Crippen LogP contribution >= 0.6 is 11.8 Å². The topological polar surface area (TPSA) is 58.2 Å². The quantitative estimate of drug-likeness (QED) is 0.893. The molecule has 112 valence electrons. The molecule has 2 amide bonds. The zero-order valence-electron chi connectivity index (χ0n) is 11.2. The standard InChI is InChI=1S/C15H10F2N2O2S/c16-9-2-1-3-10(17)14(9)15(21)18-8-4-5-12-11(6-8)19-13(20)7-22-12/h1-6H,7H2,(H,18,21)(H,19,20). The molecule has 1 heterocycles. The monoisotopic (exact) mass is 320 g/mol. The molecular weight excluding hydrogens is 310 g/mol. The SMILES string of the molecule is O=C1CSc2ccc(NC(=O)c3c(F)cccc3F)cc2N1. The first-order valence-electron chi connectivity index (χ1n) is 6.36. The predicted molar refractivity (Wildman–Crippen MR) is 80.1 cm³/mol. The number of amides is 2. The first-order chi connectivity index (χ1) is 10.5. The number of nitrogens with one attached hydrogen (secondary N) is 2. The van der Waals surface area contributed by atoms with Gasteiger partial charge in [0.15, 0.2) is 0 Å². The van der Waals surface area contributed by atoms with Crippen LogP contribution in [0.1, 0.15) is 10.4 Å². The Morgan fingerprint density at radius 1 is 1.18 bits per heavy atom. The Morgan fingerprint density at radius 3 is 2.64 bits per heavy atom. The van der Waals surface area contributed by atoms with Crippen LogP contribution in [0, 0.1) is 11.6 Å². The molecule has 0 saturated carbocycles. The maximum absolute atomic E-state index is 13.6. The van der Waals surface area contributed by atoms with Gasteiger partial charge < -0.3 is 10.6 Å². The fourth-order valence-electron chi connectivity index (χ4n) is 2.07. The fourth-order valence-corrected chi connectivity index (χ4v) is 2.86. The molecule has 4 nitrogen and oxygen atoms in total. The minimum atomic E-state index is -0.931. The van der Waals surface area contributed by atoms with Gasteiger partial charge in [0, 0.05) is 10.6 Å². The number of rotatable bonds is 2. The lowest BCUT2D eigenvalue weighted by Crippen LogP contribution is -2.19. The van der Waals surface area contributed by atoms with Crippen LogP contribution in [0.4, 0.5) is 20.2 Å². The van der Waals surface area contributed by atoms with Crippen LogP contribution in [-0.2, 0) is 4.79 Å². The van der Waals surface area contributed by atoms with E-state index in [1.54, 1.807) is 18.2 Å². The molecule has 1 aliphatic rings. The minimum absolute atomic E-state index is 0.138. The van der Waals surface area contributed by atoms with E-state index in [4.69, 9.17) is 0 Å². The van der Waals surface area contributed by atoms with Crippen molar-refractivity contribution in [1.29, 1.82) is 0 Å². The number of thioether (sulfide) groups is 1. The summed E-state index contributed by atoms with van der Waals surface area (Å²) in [6, 6.07) is 8.11. The highest BCUT2D eigenvalue weighted by Gasteiger charge is 2.19. The van der Waals surface area contributed by atoms with Gasteiger partial charge in [-0.2, -0.15) is 0 Å². The van der Waals surface area contributed by atoms with Gasteiger partial charge in [0.2, 0.25) is 5.91 Å². The minimum Gasteiger partial charge on any atom is -0.324 e. The molecule has 0 radical (unpaired) electrons. The third-order valence-corrected chi connectivity index (χ3v) is 4.13. The summed E-state index contributed by atoms with van der Waals surface area (Å²) in [5.74, 6) is -2.55. The summed E-state index contributed by atoms with van der Waals surface area (Å²) in [6.45, 7) is 0. The van der Waals surface area contributed by atoms with E-state index in [9.17, 15) is 18.4 Å². The van der Waals surface area contributed by atoms with Crippen LogP contribution in [0.5, 0.6) is 0 Å². The van der Waals surface area contributed by atoms with E-state index >= 15 is 0 Å². The summed E-state index contributed by atoms with van der Waals surface area (Å²) in [4.78, 5) is 24.2. The lowest BCUT2D eigenvalue weighted by molar-refractivity contribution is -0.113. The van der Waals surface area contributed by atoms with Crippen LogP contribution in [0.15, 0.2) is 41.3 Å². The Balaban J connectivity index is 1.86. The van der Waals surface area contributed by atoms with E-state index < -0.39 is 23.1 Å². The molecule has 1 aliphatic heterocycles. The van der Waals surface area contributed by atoms with E-state index in [-0.39, 0.29) is 5.91 Å². The zero-order valence-corrected chi connectivity index (χ0v) is 12.0. The lowest BCUT2D eigenvalue weighted by atomic mass is 10.1. The van der Waals surface area contributed by atoms with Crippen molar-refractivity contribution < 1.29 is 18.4 Å². The molecule has 0 saturated heterocycles. The second-order valence-electron chi connectivity index (χ2n) is 4.60. The molecule has 0 aliphatic carbocycles. The number of hydrogen-bond donors (Lipinski definition) is 2. The first kappa shape index (κ1) is 14.5. The molecule has 2 N–H and O–H groups in total. The Morgan fingerprint density at radius 2 is 1.91 bits per heavy atom. The van der Waals surface area contributed by atoms with Gasteiger partial charge in [-0.25, -0.2) is 8.78 Å². The maximum Gasteiger partial charge on any atom is 0.261 e. The van der Waals surface area contributed by atoms with E-state index in [1.807, 2.05) is 0 Å². The van der Waals surface area contributed by atoms with Gasteiger partial charge in [0.1, 0.15) is 17.2 Å². The third kappa shape index (κ3) is 2.80. The second kappa shape index (κ2) is 5.76. The number of benzene rings is 2. The van der Waals surface area contributed by atoms with E-state index in [0.717, 1.165) is 17.0 Å². The van der Waals surface area contributed by atoms with Crippen LogP contribution in [0.3, 0.4) is 0 Å². The molecule has 22 heavy (non-hydrogen) atoms. The van der Waals surface area contributed by atoms with Crippen LogP contribution in [0.2, 0.25) is 0 Å². The van der Waals surface area contributed by atoms with E-state index in [1.165, 1.54) is 17.8 Å². The summed E-state index contributed by atoms with van der Waals surface area (Å²) < 4.78 is 27.1. The Labute approximate surface area is 128 Å². The smallest absolute Gasteiger partial charge is 0.261 e. The van der Waals surface area contributed by atoms with Crippen molar-refractivity contribution >= 4 is 35.0 Å². The Bertz CT molecular complexity index is 760. The predicted octanol–water partition coefficient (Wildman–Crippen LogP) is 3.26. The highest BCUT2D eigenvalue weighted by molar-refractivity contribution is 8.00. The van der Waals surface area contributed by atoms with Crippen LogP contribution in [-0.4, -0.2) is 17.6 Å². The van der Waals surface area contributed by atoms with E-state index in [0.29, 0.717) is 17.1 Å². The molecule has 0 spiro atoms. The molecule has 2 aromatic rings. The van der Waals surface area contributed by atoms with Crippen LogP contribution in [0.25, 0.3) is 0 Å². The van der Waals surface area contributed by atoms with Crippen molar-refractivity contribution in [2.45, 2.75) is 4.90 Å². The van der Waals surface area contributed by atoms with Gasteiger partial charge in [-0.3, -0.25) is 9.59 Å². The lowest BCUT2D eigenvalue weighted by Gasteiger charge is -2.17. The van der Waals surface area contributed by atoms with Crippen molar-refractivity contribution in [3.8, 4) is 0 Å². The van der Waals surface area contributed by atoms with Gasteiger partial charge in [0.25, 0.3) is 5.91 Å². The number of halogens is 2. The molecule has 0 fully saturated rings. The molecule has 0 unspecified atom stereocenters. The second-order valence-corrected chi connectivity index (χ2v) is 5.62. The first-order valence-corrected chi connectivity index (χ1v) is 7.35. The van der Waals surface area contributed by atoms with Gasteiger partial charge in [-0.1, -0.05) is 6.07 Å². The molecule has 3 rings (SSSR count). The van der Waals surface area contributed by atoms with Gasteiger partial charge in [-0.05, 0) is 30.3 Å². The van der Waals surface area contributed by atoms with Crippen molar-refractivity contribution in [2.24, 2.45) is 0 Å². The average Bonchev–Trinajstić information content (AvgIpc) is 2.46. The third-order valence-electron chi connectivity index (χ3n) is 3.06. The Hall–Kier alpha value is -2.41. The van der Waals surface area contributed by atoms with Crippen molar-refractivity contribution in [3.63, 3.8) is 0 Å².